The lowest BCUT2D eigenvalue weighted by atomic mass is 10.2. The van der Waals surface area contributed by atoms with Crippen LogP contribution < -0.4 is 14.8 Å². The zero-order valence-electron chi connectivity index (χ0n) is 13.7. The highest BCUT2D eigenvalue weighted by molar-refractivity contribution is 5.92. The minimum Gasteiger partial charge on any atom is -0.493 e. The Labute approximate surface area is 149 Å². The fraction of sp³-hybridized carbons (Fsp3) is 0.176. The van der Waals surface area contributed by atoms with Gasteiger partial charge in [-0.25, -0.2) is 8.78 Å². The number of halogens is 5. The molecule has 0 aliphatic heterocycles. The van der Waals surface area contributed by atoms with Gasteiger partial charge in [0.2, 0.25) is 5.91 Å². The van der Waals surface area contributed by atoms with E-state index in [1.807, 2.05) is 0 Å². The molecule has 0 aromatic heterocycles. The van der Waals surface area contributed by atoms with Crippen molar-refractivity contribution in [2.75, 3.05) is 12.4 Å². The number of alkyl halides is 3. The molecule has 0 fully saturated rings. The number of amides is 1. The van der Waals surface area contributed by atoms with E-state index < -0.39 is 41.5 Å². The summed E-state index contributed by atoms with van der Waals surface area (Å²) in [5, 5.41) is 10.8. The Bertz CT molecular complexity index is 883. The number of nitriles is 1. The van der Waals surface area contributed by atoms with Gasteiger partial charge in [-0.2, -0.15) is 18.4 Å². The number of methoxy groups -OCH3 is 1. The maximum atomic E-state index is 14.0. The smallest absolute Gasteiger partial charge is 0.416 e. The average Bonchev–Trinajstić information content (AvgIpc) is 2.57. The molecular weight excluding hydrogens is 375 g/mol. The number of hydrogen-bond acceptors (Lipinski definition) is 4. The number of nitrogens with one attached hydrogen (secondary N) is 1. The molecule has 0 saturated carbocycles. The molecule has 2 aromatic rings. The van der Waals surface area contributed by atoms with Crippen molar-refractivity contribution in [2.45, 2.75) is 12.6 Å². The molecule has 0 bridgehead atoms. The number of rotatable bonds is 5. The number of carbonyl (C=O) groups excluding carboxylic acids is 1. The molecule has 2 aromatic carbocycles. The van der Waals surface area contributed by atoms with Gasteiger partial charge in [0.15, 0.2) is 28.9 Å². The Morgan fingerprint density at radius 1 is 1.15 bits per heavy atom. The third kappa shape index (κ3) is 4.84. The van der Waals surface area contributed by atoms with Crippen LogP contribution in [0.15, 0.2) is 30.3 Å². The van der Waals surface area contributed by atoms with Crippen molar-refractivity contribution in [1.82, 2.24) is 0 Å². The molecule has 1 N–H and O–H groups in total. The summed E-state index contributed by atoms with van der Waals surface area (Å²) in [5.74, 6) is -5.09. The molecule has 27 heavy (non-hydrogen) atoms. The van der Waals surface area contributed by atoms with Crippen molar-refractivity contribution in [3.05, 3.63) is 47.5 Å². The summed E-state index contributed by atoms with van der Waals surface area (Å²) < 4.78 is 75.8. The molecule has 10 heteroatoms. The van der Waals surface area contributed by atoms with Crippen LogP contribution >= 0.6 is 0 Å². The van der Waals surface area contributed by atoms with E-state index in [0.717, 1.165) is 6.07 Å². The molecule has 142 valence electrons. The van der Waals surface area contributed by atoms with Gasteiger partial charge in [0.1, 0.15) is 6.42 Å². The first-order chi connectivity index (χ1) is 12.7. The minimum absolute atomic E-state index is 0.00646. The molecular formula is C17H11F5N2O3. The summed E-state index contributed by atoms with van der Waals surface area (Å²) in [4.78, 5) is 11.4. The van der Waals surface area contributed by atoms with Crippen molar-refractivity contribution in [1.29, 1.82) is 5.26 Å². The Morgan fingerprint density at radius 2 is 1.78 bits per heavy atom. The second-order valence-electron chi connectivity index (χ2n) is 5.12. The zero-order chi connectivity index (χ0) is 20.2. The van der Waals surface area contributed by atoms with Crippen LogP contribution in [-0.2, 0) is 11.0 Å². The third-order valence-electron chi connectivity index (χ3n) is 3.22. The van der Waals surface area contributed by atoms with Gasteiger partial charge in [-0.05, 0) is 24.3 Å². The van der Waals surface area contributed by atoms with E-state index >= 15 is 0 Å². The Balaban J connectivity index is 2.39. The quantitative estimate of drug-likeness (QED) is 0.761. The van der Waals surface area contributed by atoms with Crippen LogP contribution in [0.1, 0.15) is 12.0 Å². The van der Waals surface area contributed by atoms with Crippen LogP contribution in [0.5, 0.6) is 17.2 Å². The summed E-state index contributed by atoms with van der Waals surface area (Å²) in [6.07, 6.45) is -5.35. The van der Waals surface area contributed by atoms with E-state index in [4.69, 9.17) is 14.7 Å². The Kier molecular flexibility index (Phi) is 5.85. The van der Waals surface area contributed by atoms with Gasteiger partial charge < -0.3 is 14.8 Å². The number of nitrogens with zero attached hydrogens (tertiary/aromatic N) is 1. The van der Waals surface area contributed by atoms with Crippen molar-refractivity contribution in [3.8, 4) is 23.3 Å². The number of hydrogen-bond donors (Lipinski definition) is 1. The van der Waals surface area contributed by atoms with Crippen molar-refractivity contribution in [2.24, 2.45) is 0 Å². The van der Waals surface area contributed by atoms with Gasteiger partial charge >= 0.3 is 6.18 Å². The molecule has 0 spiro atoms. The predicted molar refractivity (Wildman–Crippen MR) is 83.3 cm³/mol. The lowest BCUT2D eigenvalue weighted by Gasteiger charge is -2.15. The average molecular weight is 386 g/mol. The maximum absolute atomic E-state index is 14.0. The Morgan fingerprint density at radius 3 is 2.30 bits per heavy atom. The predicted octanol–water partition coefficient (Wildman–Crippen LogP) is 4.64. The summed E-state index contributed by atoms with van der Waals surface area (Å²) in [5.41, 5.74) is -1.38. The Hall–Kier alpha value is -3.35. The fourth-order valence-electron chi connectivity index (χ4n) is 2.04. The molecule has 0 radical (unpaired) electrons. The molecule has 0 heterocycles. The molecule has 0 atom stereocenters. The minimum atomic E-state index is -4.93. The van der Waals surface area contributed by atoms with Crippen LogP contribution in [0.3, 0.4) is 0 Å². The molecule has 0 aliphatic rings. The number of benzene rings is 2. The van der Waals surface area contributed by atoms with Gasteiger partial charge in [0, 0.05) is 11.8 Å². The summed E-state index contributed by atoms with van der Waals surface area (Å²) in [6, 6.07) is 5.66. The van der Waals surface area contributed by atoms with Gasteiger partial charge in [0.05, 0.1) is 18.7 Å². The molecule has 2 rings (SSSR count). The first-order valence-corrected chi connectivity index (χ1v) is 7.24. The van der Waals surface area contributed by atoms with Gasteiger partial charge in [-0.15, -0.1) is 0 Å². The number of carbonyl (C=O) groups is 1. The normalized spacial score (nSPS) is 10.9. The van der Waals surface area contributed by atoms with Crippen LogP contribution in [0.25, 0.3) is 0 Å². The summed E-state index contributed by atoms with van der Waals surface area (Å²) in [6.45, 7) is 0. The lowest BCUT2D eigenvalue weighted by Crippen LogP contribution is -2.10. The highest BCUT2D eigenvalue weighted by Gasteiger charge is 2.33. The summed E-state index contributed by atoms with van der Waals surface area (Å²) >= 11 is 0. The van der Waals surface area contributed by atoms with Gasteiger partial charge in [0.25, 0.3) is 0 Å². The standard InChI is InChI=1S/C17H11F5N2O3/c1-26-13-3-2-10(24-15(25)4-5-23)8-14(13)27-16-11(18)6-9(7-12(16)19)17(20,21)22/h2-3,6-8H,4H2,1H3,(H,24,25). The van der Waals surface area contributed by atoms with Crippen molar-refractivity contribution >= 4 is 11.6 Å². The second-order valence-corrected chi connectivity index (χ2v) is 5.12. The number of anilines is 1. The van der Waals surface area contributed by atoms with Crippen LogP contribution in [0.2, 0.25) is 0 Å². The first kappa shape index (κ1) is 20.0. The van der Waals surface area contributed by atoms with Gasteiger partial charge in [-0.1, -0.05) is 0 Å². The molecule has 0 saturated heterocycles. The van der Waals surface area contributed by atoms with E-state index in [1.165, 1.54) is 19.2 Å². The van der Waals surface area contributed by atoms with Crippen LogP contribution in [0.4, 0.5) is 27.6 Å². The maximum Gasteiger partial charge on any atom is 0.416 e. The number of ether oxygens (including phenoxy) is 2. The monoisotopic (exact) mass is 386 g/mol. The second kappa shape index (κ2) is 7.90. The van der Waals surface area contributed by atoms with E-state index in [2.05, 4.69) is 5.32 Å². The highest BCUT2D eigenvalue weighted by atomic mass is 19.4. The van der Waals surface area contributed by atoms with Crippen LogP contribution in [0, 0.1) is 23.0 Å². The van der Waals surface area contributed by atoms with E-state index in [-0.39, 0.29) is 29.3 Å². The van der Waals surface area contributed by atoms with E-state index in [0.29, 0.717) is 0 Å². The van der Waals surface area contributed by atoms with Crippen molar-refractivity contribution in [3.63, 3.8) is 0 Å². The first-order valence-electron chi connectivity index (χ1n) is 7.24. The van der Waals surface area contributed by atoms with Crippen molar-refractivity contribution < 1.29 is 36.2 Å². The van der Waals surface area contributed by atoms with E-state index in [9.17, 15) is 26.7 Å². The van der Waals surface area contributed by atoms with Gasteiger partial charge in [-0.3, -0.25) is 4.79 Å². The highest BCUT2D eigenvalue weighted by Crippen LogP contribution is 2.39. The molecule has 0 aliphatic carbocycles. The fourth-order valence-corrected chi connectivity index (χ4v) is 2.04. The van der Waals surface area contributed by atoms with Crippen LogP contribution in [-0.4, -0.2) is 13.0 Å². The largest absolute Gasteiger partial charge is 0.493 e. The molecule has 5 nitrogen and oxygen atoms in total. The zero-order valence-corrected chi connectivity index (χ0v) is 13.7. The topological polar surface area (TPSA) is 71.3 Å². The molecule has 0 unspecified atom stereocenters. The SMILES string of the molecule is COc1ccc(NC(=O)CC#N)cc1Oc1c(F)cc(C(F)(F)F)cc1F. The summed E-state index contributed by atoms with van der Waals surface area (Å²) in [7, 11) is 1.23. The third-order valence-corrected chi connectivity index (χ3v) is 3.22. The lowest BCUT2D eigenvalue weighted by molar-refractivity contribution is -0.138. The molecule has 1 amide bonds. The van der Waals surface area contributed by atoms with E-state index in [1.54, 1.807) is 6.07 Å².